The summed E-state index contributed by atoms with van der Waals surface area (Å²) in [7, 11) is 0. The quantitative estimate of drug-likeness (QED) is 0.321. The minimum atomic E-state index is -1.15. The fraction of sp³-hybridized carbons (Fsp3) is 0.348. The Morgan fingerprint density at radius 3 is 2.75 bits per heavy atom. The number of hydrogen-bond acceptors (Lipinski definition) is 7. The number of ether oxygens (including phenoxy) is 1. The van der Waals surface area contributed by atoms with E-state index >= 15 is 0 Å². The first-order valence-electron chi connectivity index (χ1n) is 10.1. The highest BCUT2D eigenvalue weighted by atomic mass is 32.1. The third-order valence-electron chi connectivity index (χ3n) is 4.60. The molecule has 2 aromatic heterocycles. The largest absolute Gasteiger partial charge is 0.507 e. The van der Waals surface area contributed by atoms with E-state index in [-0.39, 0.29) is 11.7 Å². The number of ketones is 1. The minimum Gasteiger partial charge on any atom is -0.507 e. The summed E-state index contributed by atoms with van der Waals surface area (Å²) in [5.41, 5.74) is -0.989. The van der Waals surface area contributed by atoms with Crippen molar-refractivity contribution in [3.05, 3.63) is 67.5 Å². The van der Waals surface area contributed by atoms with Crippen LogP contribution in [0.2, 0.25) is 0 Å². The van der Waals surface area contributed by atoms with Crippen molar-refractivity contribution in [2.45, 2.75) is 46.1 Å². The summed E-state index contributed by atoms with van der Waals surface area (Å²) in [4.78, 5) is 37.5. The van der Waals surface area contributed by atoms with Crippen LogP contribution in [0.1, 0.15) is 65.4 Å². The molecule has 1 amide bonds. The van der Waals surface area contributed by atoms with Gasteiger partial charge in [-0.2, -0.15) is 0 Å². The zero-order chi connectivity index (χ0) is 23.7. The Labute approximate surface area is 189 Å². The average Bonchev–Trinajstić information content (AvgIpc) is 3.18. The summed E-state index contributed by atoms with van der Waals surface area (Å²) >= 11 is 1.48. The number of carbonyl (C=O) groups is 2. The van der Waals surface area contributed by atoms with E-state index in [1.54, 1.807) is 26.0 Å². The Morgan fingerprint density at radius 1 is 1.34 bits per heavy atom. The maximum absolute atomic E-state index is 12.8. The number of allylic oxidation sites excluding steroid dienone is 2. The molecule has 0 aliphatic carbocycles. The van der Waals surface area contributed by atoms with Gasteiger partial charge in [-0.1, -0.05) is 13.0 Å². The Morgan fingerprint density at radius 2 is 2.09 bits per heavy atom. The SMILES string of the molecule is CCOCc1ccc(/C=C(\C)C(=O)c2c(O)cc(C(C)CC/C=C/NC(=O)O)oc2=O)s1. The molecule has 3 N–H and O–H groups in total. The molecule has 0 aliphatic rings. The molecule has 2 rings (SSSR count). The number of hydrogen-bond donors (Lipinski definition) is 3. The first-order chi connectivity index (χ1) is 15.2. The van der Waals surface area contributed by atoms with Crippen molar-refractivity contribution < 1.29 is 29.0 Å². The Kier molecular flexibility index (Phi) is 9.42. The van der Waals surface area contributed by atoms with Crippen LogP contribution >= 0.6 is 11.3 Å². The van der Waals surface area contributed by atoms with E-state index in [2.05, 4.69) is 5.32 Å². The monoisotopic (exact) mass is 461 g/mol. The van der Waals surface area contributed by atoms with E-state index in [4.69, 9.17) is 14.3 Å². The smallest absolute Gasteiger partial charge is 0.408 e. The fourth-order valence-corrected chi connectivity index (χ4v) is 3.83. The van der Waals surface area contributed by atoms with Gasteiger partial charge in [0, 0.05) is 34.5 Å². The van der Waals surface area contributed by atoms with Crippen LogP contribution in [-0.2, 0) is 11.3 Å². The topological polar surface area (TPSA) is 126 Å². The zero-order valence-electron chi connectivity index (χ0n) is 18.2. The lowest BCUT2D eigenvalue weighted by Crippen LogP contribution is -2.16. The normalized spacial score (nSPS) is 12.8. The third-order valence-corrected chi connectivity index (χ3v) is 5.61. The first-order valence-corrected chi connectivity index (χ1v) is 11.0. The molecule has 0 bridgehead atoms. The van der Waals surface area contributed by atoms with Crippen LogP contribution in [0.15, 0.2) is 45.3 Å². The van der Waals surface area contributed by atoms with Gasteiger partial charge in [-0.25, -0.2) is 9.59 Å². The van der Waals surface area contributed by atoms with Crippen LogP contribution in [0.3, 0.4) is 0 Å². The van der Waals surface area contributed by atoms with Gasteiger partial charge in [0.1, 0.15) is 17.1 Å². The number of carbonyl (C=O) groups excluding carboxylic acids is 1. The standard InChI is InChI=1S/C23H27NO7S/c1-4-30-13-17-9-8-16(32-17)11-15(3)21(26)20-18(25)12-19(31-22(20)27)14(2)7-5-6-10-24-23(28)29/h6,8-12,14,24-25H,4-5,7,13H2,1-3H3,(H,28,29)/b10-6+,15-11+. The van der Waals surface area contributed by atoms with E-state index in [0.29, 0.717) is 31.6 Å². The lowest BCUT2D eigenvalue weighted by atomic mass is 10.00. The molecule has 9 heteroatoms. The van der Waals surface area contributed by atoms with Gasteiger partial charge in [0.25, 0.3) is 0 Å². The molecule has 32 heavy (non-hydrogen) atoms. The van der Waals surface area contributed by atoms with Gasteiger partial charge in [-0.05, 0) is 50.5 Å². The molecule has 2 heterocycles. The number of nitrogens with one attached hydrogen (secondary N) is 1. The highest BCUT2D eigenvalue weighted by molar-refractivity contribution is 7.12. The van der Waals surface area contributed by atoms with Gasteiger partial charge in [0.2, 0.25) is 0 Å². The highest BCUT2D eigenvalue weighted by Crippen LogP contribution is 2.27. The maximum Gasteiger partial charge on any atom is 0.408 e. The van der Waals surface area contributed by atoms with Gasteiger partial charge in [-0.3, -0.25) is 10.1 Å². The van der Waals surface area contributed by atoms with E-state index in [1.165, 1.54) is 23.6 Å². The van der Waals surface area contributed by atoms with Gasteiger partial charge in [0.05, 0.1) is 6.61 Å². The second-order valence-electron chi connectivity index (χ2n) is 7.12. The van der Waals surface area contributed by atoms with Crippen molar-refractivity contribution in [2.24, 2.45) is 0 Å². The number of aromatic hydroxyl groups is 1. The molecule has 1 unspecified atom stereocenters. The van der Waals surface area contributed by atoms with Gasteiger partial charge in [0.15, 0.2) is 5.78 Å². The highest BCUT2D eigenvalue weighted by Gasteiger charge is 2.22. The molecule has 1 atom stereocenters. The molecule has 0 aliphatic heterocycles. The molecule has 0 saturated carbocycles. The van der Waals surface area contributed by atoms with Crippen LogP contribution < -0.4 is 10.9 Å². The van der Waals surface area contributed by atoms with Crippen LogP contribution in [0.25, 0.3) is 6.08 Å². The lowest BCUT2D eigenvalue weighted by Gasteiger charge is -2.11. The number of Topliss-reactive ketones (excluding diaryl/α,β-unsaturated/α-hetero) is 1. The summed E-state index contributed by atoms with van der Waals surface area (Å²) in [5, 5.41) is 21.0. The van der Waals surface area contributed by atoms with Gasteiger partial charge in [-0.15, -0.1) is 11.3 Å². The predicted molar refractivity (Wildman–Crippen MR) is 122 cm³/mol. The summed E-state index contributed by atoms with van der Waals surface area (Å²) in [6, 6.07) is 5.07. The molecule has 2 aromatic rings. The molecule has 0 aromatic carbocycles. The summed E-state index contributed by atoms with van der Waals surface area (Å²) in [5.74, 6) is -0.993. The Balaban J connectivity index is 2.12. The van der Waals surface area contributed by atoms with Crippen molar-refractivity contribution in [3.8, 4) is 5.75 Å². The molecule has 8 nitrogen and oxygen atoms in total. The summed E-state index contributed by atoms with van der Waals surface area (Å²) < 4.78 is 10.7. The van der Waals surface area contributed by atoms with E-state index in [9.17, 15) is 19.5 Å². The summed E-state index contributed by atoms with van der Waals surface area (Å²) in [6.45, 7) is 6.41. The van der Waals surface area contributed by atoms with Crippen LogP contribution in [0.4, 0.5) is 4.79 Å². The van der Waals surface area contributed by atoms with Crippen LogP contribution in [0, 0.1) is 0 Å². The molecule has 0 radical (unpaired) electrons. The fourth-order valence-electron chi connectivity index (χ4n) is 2.88. The zero-order valence-corrected chi connectivity index (χ0v) is 19.0. The number of thiophene rings is 1. The van der Waals surface area contributed by atoms with Crippen molar-refractivity contribution in [2.75, 3.05) is 6.61 Å². The molecule has 0 saturated heterocycles. The lowest BCUT2D eigenvalue weighted by molar-refractivity contribution is 0.102. The number of amides is 1. The van der Waals surface area contributed by atoms with Crippen LogP contribution in [-0.4, -0.2) is 28.7 Å². The number of carboxylic acid groups (broad SMARTS) is 1. The molecule has 0 spiro atoms. The molecular formula is C23H27NO7S. The van der Waals surface area contributed by atoms with Crippen molar-refractivity contribution >= 4 is 29.3 Å². The van der Waals surface area contributed by atoms with E-state index in [1.807, 2.05) is 19.1 Å². The Hall–Kier alpha value is -3.17. The summed E-state index contributed by atoms with van der Waals surface area (Å²) in [6.07, 6.45) is 4.54. The van der Waals surface area contributed by atoms with Gasteiger partial charge >= 0.3 is 11.7 Å². The van der Waals surface area contributed by atoms with Crippen LogP contribution in [0.5, 0.6) is 5.75 Å². The molecular weight excluding hydrogens is 434 g/mol. The van der Waals surface area contributed by atoms with E-state index in [0.717, 1.165) is 9.75 Å². The minimum absolute atomic E-state index is 0.223. The van der Waals surface area contributed by atoms with E-state index < -0.39 is 28.8 Å². The first kappa shape index (κ1) is 25.1. The van der Waals surface area contributed by atoms with Crippen molar-refractivity contribution in [1.82, 2.24) is 5.32 Å². The second kappa shape index (κ2) is 12.0. The van der Waals surface area contributed by atoms with Crippen molar-refractivity contribution in [3.63, 3.8) is 0 Å². The molecule has 172 valence electrons. The maximum atomic E-state index is 12.8. The average molecular weight is 462 g/mol. The molecule has 0 fully saturated rings. The second-order valence-corrected chi connectivity index (χ2v) is 8.32. The predicted octanol–water partition coefficient (Wildman–Crippen LogP) is 4.89. The number of rotatable bonds is 11. The van der Waals surface area contributed by atoms with Crippen molar-refractivity contribution in [1.29, 1.82) is 0 Å². The Bertz CT molecular complexity index is 1060. The van der Waals surface area contributed by atoms with Gasteiger partial charge < -0.3 is 19.4 Å². The third kappa shape index (κ3) is 7.21.